The van der Waals surface area contributed by atoms with Crippen LogP contribution in [0.2, 0.25) is 0 Å². The van der Waals surface area contributed by atoms with Gasteiger partial charge in [-0.2, -0.15) is 0 Å². The first-order chi connectivity index (χ1) is 12.0. The minimum absolute atomic E-state index is 0.000816. The predicted octanol–water partition coefficient (Wildman–Crippen LogP) is 1.44. The highest BCUT2D eigenvalue weighted by atomic mass is 16.2. The molecule has 0 saturated carbocycles. The van der Waals surface area contributed by atoms with Crippen molar-refractivity contribution >= 4 is 17.8 Å². The number of fused-ring (bicyclic) bond motifs is 1. The zero-order valence-electron chi connectivity index (χ0n) is 15.1. The Bertz CT molecular complexity index is 646. The van der Waals surface area contributed by atoms with Gasteiger partial charge in [0, 0.05) is 51.8 Å². The second-order valence-electron chi connectivity index (χ2n) is 7.07. The summed E-state index contributed by atoms with van der Waals surface area (Å²) in [7, 11) is 3.85. The van der Waals surface area contributed by atoms with E-state index >= 15 is 0 Å². The zero-order valence-corrected chi connectivity index (χ0v) is 15.1. The van der Waals surface area contributed by atoms with E-state index in [1.54, 1.807) is 0 Å². The number of hydrogen-bond donors (Lipinski definition) is 1. The molecule has 3 rings (SSSR count). The van der Waals surface area contributed by atoms with Crippen LogP contribution in [0.3, 0.4) is 0 Å². The summed E-state index contributed by atoms with van der Waals surface area (Å²) in [6.45, 7) is 1.52. The van der Waals surface area contributed by atoms with Crippen molar-refractivity contribution in [1.29, 1.82) is 0 Å². The Morgan fingerprint density at radius 2 is 2.20 bits per heavy atom. The lowest BCUT2D eigenvalue weighted by Gasteiger charge is -2.26. The maximum Gasteiger partial charge on any atom is 0.225 e. The first-order valence-corrected chi connectivity index (χ1v) is 9.15. The van der Waals surface area contributed by atoms with Gasteiger partial charge in [0.05, 0.1) is 11.7 Å². The van der Waals surface area contributed by atoms with Gasteiger partial charge in [0.1, 0.15) is 0 Å². The second kappa shape index (κ2) is 7.80. The number of likely N-dealkylation sites (tertiary alicyclic amines) is 1. The van der Waals surface area contributed by atoms with Crippen LogP contribution in [0.1, 0.15) is 55.8 Å². The first kappa shape index (κ1) is 17.6. The molecule has 1 aliphatic heterocycles. The van der Waals surface area contributed by atoms with Crippen molar-refractivity contribution in [1.82, 2.24) is 20.2 Å². The molecule has 0 radical (unpaired) electrons. The largest absolute Gasteiger partial charge is 0.349 e. The Hall–Kier alpha value is -2.18. The summed E-state index contributed by atoms with van der Waals surface area (Å²) in [5.74, 6) is 0.970. The fourth-order valence-corrected chi connectivity index (χ4v) is 3.54. The predicted molar refractivity (Wildman–Crippen MR) is 95.2 cm³/mol. The minimum Gasteiger partial charge on any atom is -0.349 e. The van der Waals surface area contributed by atoms with Crippen molar-refractivity contribution in [2.75, 3.05) is 32.1 Å². The van der Waals surface area contributed by atoms with Crippen LogP contribution in [-0.2, 0) is 16.0 Å². The summed E-state index contributed by atoms with van der Waals surface area (Å²) in [6, 6.07) is 0.000816. The Labute approximate surface area is 148 Å². The molecule has 7 heteroatoms. The molecule has 0 spiro atoms. The normalized spacial score (nSPS) is 19.7. The molecule has 0 unspecified atom stereocenters. The number of amides is 2. The number of aryl methyl sites for hydroxylation is 1. The number of nitrogens with one attached hydrogen (secondary N) is 1. The highest BCUT2D eigenvalue weighted by Gasteiger charge is 2.24. The van der Waals surface area contributed by atoms with E-state index in [1.165, 1.54) is 0 Å². The third kappa shape index (κ3) is 4.27. The molecule has 1 aromatic heterocycles. The van der Waals surface area contributed by atoms with Gasteiger partial charge in [0.15, 0.2) is 0 Å². The zero-order chi connectivity index (χ0) is 17.8. The summed E-state index contributed by atoms with van der Waals surface area (Å²) in [5.41, 5.74) is 2.08. The van der Waals surface area contributed by atoms with Gasteiger partial charge in [-0.05, 0) is 32.1 Å². The molecular formula is C18H27N5O2. The standard InChI is InChI=1S/C18H27N5O2/c1-22(2)18-19-12-13-14(6-3-7-15(13)21-18)20-16(24)8-4-10-23-11-5-9-17(23)25/h12,14H,3-11H2,1-2H3,(H,20,24)/t14-/m1/s1. The van der Waals surface area contributed by atoms with E-state index < -0.39 is 0 Å². The van der Waals surface area contributed by atoms with E-state index in [4.69, 9.17) is 0 Å². The molecule has 136 valence electrons. The van der Waals surface area contributed by atoms with Gasteiger partial charge in [-0.3, -0.25) is 9.59 Å². The van der Waals surface area contributed by atoms with E-state index in [2.05, 4.69) is 15.3 Å². The maximum absolute atomic E-state index is 12.3. The lowest BCUT2D eigenvalue weighted by molar-refractivity contribution is -0.128. The number of aromatic nitrogens is 2. The highest BCUT2D eigenvalue weighted by molar-refractivity contribution is 5.78. The molecule has 0 bridgehead atoms. The molecule has 1 N–H and O–H groups in total. The van der Waals surface area contributed by atoms with Crippen LogP contribution >= 0.6 is 0 Å². The van der Waals surface area contributed by atoms with Crippen molar-refractivity contribution in [3.8, 4) is 0 Å². The number of carbonyl (C=O) groups is 2. The van der Waals surface area contributed by atoms with E-state index in [9.17, 15) is 9.59 Å². The Balaban J connectivity index is 1.53. The molecule has 7 nitrogen and oxygen atoms in total. The lowest BCUT2D eigenvalue weighted by atomic mass is 9.92. The summed E-state index contributed by atoms with van der Waals surface area (Å²) in [5, 5.41) is 3.12. The molecular weight excluding hydrogens is 318 g/mol. The molecule has 0 aromatic carbocycles. The van der Waals surface area contributed by atoms with Crippen molar-refractivity contribution < 1.29 is 9.59 Å². The van der Waals surface area contributed by atoms with Gasteiger partial charge < -0.3 is 15.1 Å². The van der Waals surface area contributed by atoms with E-state index in [-0.39, 0.29) is 17.9 Å². The fraction of sp³-hybridized carbons (Fsp3) is 0.667. The van der Waals surface area contributed by atoms with Gasteiger partial charge in [-0.1, -0.05) is 0 Å². The summed E-state index contributed by atoms with van der Waals surface area (Å²) in [6.07, 6.45) is 7.49. The van der Waals surface area contributed by atoms with Crippen molar-refractivity contribution in [2.24, 2.45) is 0 Å². The molecule has 1 fully saturated rings. The van der Waals surface area contributed by atoms with E-state index in [1.807, 2.05) is 30.1 Å². The number of carbonyl (C=O) groups excluding carboxylic acids is 2. The topological polar surface area (TPSA) is 78.4 Å². The molecule has 1 atom stereocenters. The Kier molecular flexibility index (Phi) is 5.50. The van der Waals surface area contributed by atoms with Gasteiger partial charge in [0.25, 0.3) is 0 Å². The molecule has 2 aliphatic rings. The summed E-state index contributed by atoms with van der Waals surface area (Å²) < 4.78 is 0. The maximum atomic E-state index is 12.3. The Morgan fingerprint density at radius 3 is 2.92 bits per heavy atom. The quantitative estimate of drug-likeness (QED) is 0.844. The Morgan fingerprint density at radius 1 is 1.36 bits per heavy atom. The average Bonchev–Trinajstić information content (AvgIpc) is 3.00. The average molecular weight is 345 g/mol. The van der Waals surface area contributed by atoms with E-state index in [0.717, 1.165) is 43.5 Å². The van der Waals surface area contributed by atoms with Crippen LogP contribution in [0.25, 0.3) is 0 Å². The van der Waals surface area contributed by atoms with Crippen LogP contribution in [0.15, 0.2) is 6.20 Å². The van der Waals surface area contributed by atoms with Crippen LogP contribution in [-0.4, -0.2) is 53.9 Å². The molecule has 1 aliphatic carbocycles. The fourth-order valence-electron chi connectivity index (χ4n) is 3.54. The van der Waals surface area contributed by atoms with Crippen LogP contribution in [0.4, 0.5) is 5.95 Å². The number of anilines is 1. The molecule has 1 saturated heterocycles. The van der Waals surface area contributed by atoms with Gasteiger partial charge >= 0.3 is 0 Å². The molecule has 25 heavy (non-hydrogen) atoms. The van der Waals surface area contributed by atoms with Gasteiger partial charge in [-0.15, -0.1) is 0 Å². The monoisotopic (exact) mass is 345 g/mol. The summed E-state index contributed by atoms with van der Waals surface area (Å²) >= 11 is 0. The smallest absolute Gasteiger partial charge is 0.225 e. The van der Waals surface area contributed by atoms with Crippen molar-refractivity contribution in [3.05, 3.63) is 17.5 Å². The molecule has 2 heterocycles. The minimum atomic E-state index is 0.000816. The highest BCUT2D eigenvalue weighted by Crippen LogP contribution is 2.29. The third-order valence-corrected chi connectivity index (χ3v) is 4.91. The SMILES string of the molecule is CN(C)c1ncc2c(n1)CCC[C@H]2NC(=O)CCCN1CCCC1=O. The molecule has 1 aromatic rings. The number of nitrogens with zero attached hydrogens (tertiary/aromatic N) is 4. The number of hydrogen-bond acceptors (Lipinski definition) is 5. The molecule has 2 amide bonds. The van der Waals surface area contributed by atoms with Crippen molar-refractivity contribution in [3.63, 3.8) is 0 Å². The second-order valence-corrected chi connectivity index (χ2v) is 7.07. The van der Waals surface area contributed by atoms with Crippen LogP contribution < -0.4 is 10.2 Å². The van der Waals surface area contributed by atoms with Crippen LogP contribution in [0.5, 0.6) is 0 Å². The van der Waals surface area contributed by atoms with Gasteiger partial charge in [-0.25, -0.2) is 9.97 Å². The number of rotatable bonds is 6. The third-order valence-electron chi connectivity index (χ3n) is 4.91. The van der Waals surface area contributed by atoms with Crippen molar-refractivity contribution in [2.45, 2.75) is 51.0 Å². The summed E-state index contributed by atoms with van der Waals surface area (Å²) in [4.78, 5) is 36.6. The van der Waals surface area contributed by atoms with Crippen LogP contribution in [0, 0.1) is 0 Å². The first-order valence-electron chi connectivity index (χ1n) is 9.15. The van der Waals surface area contributed by atoms with E-state index in [0.29, 0.717) is 31.8 Å². The van der Waals surface area contributed by atoms with Gasteiger partial charge in [0.2, 0.25) is 17.8 Å². The lowest BCUT2D eigenvalue weighted by Crippen LogP contribution is -2.32.